The fraction of sp³-hybridized carbons (Fsp3) is 0.381. The smallest absolute Gasteiger partial charge is 0.234 e. The highest BCUT2D eigenvalue weighted by Crippen LogP contribution is 2.29. The van der Waals surface area contributed by atoms with Gasteiger partial charge in [-0.25, -0.2) is 0 Å². The molecular weight excluding hydrogens is 404 g/mol. The highest BCUT2D eigenvalue weighted by molar-refractivity contribution is 7.99. The Labute approximate surface area is 179 Å². The van der Waals surface area contributed by atoms with E-state index in [1.807, 2.05) is 18.2 Å². The average molecular weight is 431 g/mol. The van der Waals surface area contributed by atoms with Crippen molar-refractivity contribution in [2.24, 2.45) is 0 Å². The minimum Gasteiger partial charge on any atom is -0.497 e. The maximum atomic E-state index is 12.4. The summed E-state index contributed by atoms with van der Waals surface area (Å²) in [5.74, 6) is 1.77. The van der Waals surface area contributed by atoms with Gasteiger partial charge in [-0.2, -0.15) is 0 Å². The third-order valence-corrected chi connectivity index (χ3v) is 6.22. The first kappa shape index (κ1) is 21.4. The lowest BCUT2D eigenvalue weighted by Gasteiger charge is -2.09. The Kier molecular flexibility index (Phi) is 7.71. The molecule has 8 heteroatoms. The lowest BCUT2D eigenvalue weighted by Crippen LogP contribution is -2.14. The fourth-order valence-electron chi connectivity index (χ4n) is 2.94. The second-order valence-corrected chi connectivity index (χ2v) is 8.52. The quantitative estimate of drug-likeness (QED) is 0.453. The number of rotatable bonds is 10. The number of thioether (sulfide) groups is 1. The summed E-state index contributed by atoms with van der Waals surface area (Å²) >= 11 is 3.17. The monoisotopic (exact) mass is 430 g/mol. The summed E-state index contributed by atoms with van der Waals surface area (Å²) in [6.07, 6.45) is 3.18. The minimum atomic E-state index is -0.0865. The first-order chi connectivity index (χ1) is 14.1. The number of anilines is 1. The van der Waals surface area contributed by atoms with Crippen LogP contribution in [0.4, 0.5) is 5.69 Å². The Hall–Kier alpha value is -2.32. The van der Waals surface area contributed by atoms with Crippen molar-refractivity contribution in [1.29, 1.82) is 0 Å². The highest BCUT2D eigenvalue weighted by atomic mass is 32.2. The van der Waals surface area contributed by atoms with E-state index in [1.54, 1.807) is 24.5 Å². The Morgan fingerprint density at radius 3 is 2.86 bits per heavy atom. The van der Waals surface area contributed by atoms with Crippen molar-refractivity contribution in [1.82, 2.24) is 14.8 Å². The minimum absolute atomic E-state index is 0.0865. The number of nitrogens with zero attached hydrogens (tertiary/aromatic N) is 3. The zero-order valence-electron chi connectivity index (χ0n) is 17.0. The molecule has 29 heavy (non-hydrogen) atoms. The topological polar surface area (TPSA) is 69.0 Å². The van der Waals surface area contributed by atoms with Crippen LogP contribution in [-0.4, -0.2) is 33.5 Å². The van der Waals surface area contributed by atoms with Crippen LogP contribution in [0.5, 0.6) is 5.75 Å². The summed E-state index contributed by atoms with van der Waals surface area (Å²) in [6, 6.07) is 9.53. The molecule has 3 rings (SSSR count). The van der Waals surface area contributed by atoms with E-state index >= 15 is 0 Å². The molecule has 0 aliphatic heterocycles. The summed E-state index contributed by atoms with van der Waals surface area (Å²) < 4.78 is 7.31. The molecule has 154 valence electrons. The Morgan fingerprint density at radius 2 is 2.10 bits per heavy atom. The van der Waals surface area contributed by atoms with Crippen LogP contribution in [0.15, 0.2) is 40.9 Å². The lowest BCUT2D eigenvalue weighted by atomic mass is 10.2. The number of aromatic nitrogens is 3. The molecule has 2 heterocycles. The molecule has 0 unspecified atom stereocenters. The predicted octanol–water partition coefficient (Wildman–Crippen LogP) is 5.11. The van der Waals surface area contributed by atoms with E-state index in [4.69, 9.17) is 4.74 Å². The molecule has 0 saturated heterocycles. The van der Waals surface area contributed by atoms with Gasteiger partial charge in [0.15, 0.2) is 11.0 Å². The number of hydrogen-bond donors (Lipinski definition) is 1. The molecule has 0 aliphatic rings. The zero-order valence-corrected chi connectivity index (χ0v) is 18.6. The summed E-state index contributed by atoms with van der Waals surface area (Å²) in [5, 5.41) is 14.6. The van der Waals surface area contributed by atoms with Crippen molar-refractivity contribution in [2.45, 2.75) is 44.8 Å². The van der Waals surface area contributed by atoms with Gasteiger partial charge in [0.1, 0.15) is 5.75 Å². The molecule has 1 amide bonds. The van der Waals surface area contributed by atoms with Crippen LogP contribution in [0.2, 0.25) is 0 Å². The van der Waals surface area contributed by atoms with Crippen molar-refractivity contribution < 1.29 is 9.53 Å². The van der Waals surface area contributed by atoms with Gasteiger partial charge in [-0.05, 0) is 31.0 Å². The first-order valence-corrected chi connectivity index (χ1v) is 11.6. The van der Waals surface area contributed by atoms with Crippen LogP contribution >= 0.6 is 23.1 Å². The molecule has 6 nitrogen and oxygen atoms in total. The SMILES string of the molecule is CCCc1cc(-c2nnc(SCC(=O)Nc3cccc(OC)c3)n2CCC)cs1. The third-order valence-electron chi connectivity index (χ3n) is 4.26. The number of aryl methyl sites for hydroxylation is 1. The Balaban J connectivity index is 1.68. The molecule has 0 fully saturated rings. The van der Waals surface area contributed by atoms with Crippen LogP contribution in [0.25, 0.3) is 11.4 Å². The van der Waals surface area contributed by atoms with Crippen LogP contribution in [-0.2, 0) is 17.8 Å². The van der Waals surface area contributed by atoms with E-state index in [2.05, 4.69) is 45.4 Å². The second kappa shape index (κ2) is 10.5. The molecule has 0 atom stereocenters. The van der Waals surface area contributed by atoms with Crippen molar-refractivity contribution in [3.05, 3.63) is 40.6 Å². The summed E-state index contributed by atoms with van der Waals surface area (Å²) in [7, 11) is 1.60. The molecule has 0 aliphatic carbocycles. The largest absolute Gasteiger partial charge is 0.497 e. The highest BCUT2D eigenvalue weighted by Gasteiger charge is 2.16. The summed E-state index contributed by atoms with van der Waals surface area (Å²) in [5.41, 5.74) is 1.82. The molecule has 3 aromatic rings. The van der Waals surface area contributed by atoms with E-state index in [0.717, 1.165) is 42.4 Å². The van der Waals surface area contributed by atoms with E-state index in [0.29, 0.717) is 11.4 Å². The maximum Gasteiger partial charge on any atom is 0.234 e. The van der Waals surface area contributed by atoms with E-state index in [9.17, 15) is 4.79 Å². The first-order valence-electron chi connectivity index (χ1n) is 9.72. The predicted molar refractivity (Wildman–Crippen MR) is 120 cm³/mol. The number of benzene rings is 1. The van der Waals surface area contributed by atoms with Gasteiger partial charge in [0.25, 0.3) is 0 Å². The summed E-state index contributed by atoms with van der Waals surface area (Å²) in [6.45, 7) is 5.13. The Bertz CT molecular complexity index is 952. The van der Waals surface area contributed by atoms with Gasteiger partial charge in [0.2, 0.25) is 5.91 Å². The van der Waals surface area contributed by atoms with E-state index in [1.165, 1.54) is 16.6 Å². The maximum absolute atomic E-state index is 12.4. The molecular formula is C21H26N4O2S2. The van der Waals surface area contributed by atoms with Crippen molar-refractivity contribution >= 4 is 34.7 Å². The average Bonchev–Trinajstić information content (AvgIpc) is 3.34. The van der Waals surface area contributed by atoms with E-state index in [-0.39, 0.29) is 11.7 Å². The number of thiophene rings is 1. The number of hydrogen-bond acceptors (Lipinski definition) is 6. The van der Waals surface area contributed by atoms with Crippen LogP contribution in [0.1, 0.15) is 31.6 Å². The van der Waals surface area contributed by atoms with E-state index < -0.39 is 0 Å². The molecule has 1 N–H and O–H groups in total. The number of amides is 1. The van der Waals surface area contributed by atoms with Gasteiger partial charge in [-0.15, -0.1) is 21.5 Å². The van der Waals surface area contributed by atoms with Gasteiger partial charge >= 0.3 is 0 Å². The molecule has 2 aromatic heterocycles. The van der Waals surface area contributed by atoms with Crippen LogP contribution in [0, 0.1) is 0 Å². The molecule has 0 radical (unpaired) electrons. The third kappa shape index (κ3) is 5.61. The van der Waals surface area contributed by atoms with Gasteiger partial charge in [0, 0.05) is 34.1 Å². The van der Waals surface area contributed by atoms with Crippen LogP contribution < -0.4 is 10.1 Å². The van der Waals surface area contributed by atoms with Crippen molar-refractivity contribution in [3.8, 4) is 17.1 Å². The molecule has 0 bridgehead atoms. The van der Waals surface area contributed by atoms with Gasteiger partial charge in [-0.3, -0.25) is 4.79 Å². The van der Waals surface area contributed by atoms with Gasteiger partial charge in [-0.1, -0.05) is 38.1 Å². The number of carbonyl (C=O) groups is 1. The summed E-state index contributed by atoms with van der Waals surface area (Å²) in [4.78, 5) is 13.7. The molecule has 1 aromatic carbocycles. The van der Waals surface area contributed by atoms with Crippen molar-refractivity contribution in [3.63, 3.8) is 0 Å². The second-order valence-electron chi connectivity index (χ2n) is 6.58. The lowest BCUT2D eigenvalue weighted by molar-refractivity contribution is -0.113. The van der Waals surface area contributed by atoms with Crippen molar-refractivity contribution in [2.75, 3.05) is 18.2 Å². The van der Waals surface area contributed by atoms with Gasteiger partial charge in [0.05, 0.1) is 12.9 Å². The van der Waals surface area contributed by atoms with Crippen LogP contribution in [0.3, 0.4) is 0 Å². The normalized spacial score (nSPS) is 10.9. The number of carbonyl (C=O) groups excluding carboxylic acids is 1. The number of methoxy groups -OCH3 is 1. The standard InChI is InChI=1S/C21H26N4O2S2/c1-4-7-18-11-15(13-28-18)20-23-24-21(25(20)10-5-2)29-14-19(26)22-16-8-6-9-17(12-16)27-3/h6,8-9,11-13H,4-5,7,10,14H2,1-3H3,(H,22,26). The zero-order chi connectivity index (χ0) is 20.6. The number of ether oxygens (including phenoxy) is 1. The number of nitrogens with one attached hydrogen (secondary N) is 1. The molecule has 0 saturated carbocycles. The Morgan fingerprint density at radius 1 is 1.24 bits per heavy atom. The fourth-order valence-corrected chi connectivity index (χ4v) is 4.67. The van der Waals surface area contributed by atoms with Gasteiger partial charge < -0.3 is 14.6 Å². The molecule has 0 spiro atoms.